The van der Waals surface area contributed by atoms with E-state index in [4.69, 9.17) is 0 Å². The first-order valence-electron chi connectivity index (χ1n) is 5.71. The van der Waals surface area contributed by atoms with Gasteiger partial charge in [0.15, 0.2) is 0 Å². The SMILES string of the molecule is CCc1nc(C)ccc1O.O=C1CC(=O)NC(=O)N1. The van der Waals surface area contributed by atoms with Gasteiger partial charge in [-0.1, -0.05) is 6.92 Å². The lowest BCUT2D eigenvalue weighted by Crippen LogP contribution is -2.49. The second-order valence-corrected chi connectivity index (χ2v) is 3.87. The van der Waals surface area contributed by atoms with Gasteiger partial charge in [0, 0.05) is 5.69 Å². The average Bonchev–Trinajstić information content (AvgIpc) is 2.31. The minimum Gasteiger partial charge on any atom is -0.506 e. The number of aryl methyl sites for hydroxylation is 2. The van der Waals surface area contributed by atoms with Crippen LogP contribution in [0.2, 0.25) is 0 Å². The zero-order chi connectivity index (χ0) is 14.4. The quantitative estimate of drug-likeness (QED) is 0.637. The van der Waals surface area contributed by atoms with Gasteiger partial charge in [0.1, 0.15) is 12.2 Å². The third-order valence-corrected chi connectivity index (χ3v) is 2.25. The van der Waals surface area contributed by atoms with Crippen molar-refractivity contribution in [1.29, 1.82) is 0 Å². The molecule has 3 N–H and O–H groups in total. The highest BCUT2D eigenvalue weighted by molar-refractivity contribution is 6.14. The van der Waals surface area contributed by atoms with Gasteiger partial charge in [0.05, 0.1) is 5.69 Å². The van der Waals surface area contributed by atoms with Crippen LogP contribution < -0.4 is 10.6 Å². The molecular formula is C12H15N3O4. The van der Waals surface area contributed by atoms with Crippen molar-refractivity contribution in [2.45, 2.75) is 26.7 Å². The average molecular weight is 265 g/mol. The van der Waals surface area contributed by atoms with Crippen LogP contribution in [0.25, 0.3) is 0 Å². The number of hydrogen-bond donors (Lipinski definition) is 3. The van der Waals surface area contributed by atoms with Crippen LogP contribution in [-0.4, -0.2) is 27.9 Å². The van der Waals surface area contributed by atoms with Crippen LogP contribution in [0.15, 0.2) is 12.1 Å². The Morgan fingerprint density at radius 1 is 1.21 bits per heavy atom. The molecule has 1 aromatic heterocycles. The van der Waals surface area contributed by atoms with E-state index >= 15 is 0 Å². The number of carbonyl (C=O) groups excluding carboxylic acids is 3. The molecule has 0 unspecified atom stereocenters. The summed E-state index contributed by atoms with van der Waals surface area (Å²) >= 11 is 0. The van der Waals surface area contributed by atoms with Crippen molar-refractivity contribution in [3.05, 3.63) is 23.5 Å². The van der Waals surface area contributed by atoms with Crippen molar-refractivity contribution in [2.75, 3.05) is 0 Å². The highest BCUT2D eigenvalue weighted by Crippen LogP contribution is 2.14. The summed E-state index contributed by atoms with van der Waals surface area (Å²) in [6.07, 6.45) is 0.527. The van der Waals surface area contributed by atoms with Gasteiger partial charge in [-0.2, -0.15) is 0 Å². The normalized spacial score (nSPS) is 14.1. The van der Waals surface area contributed by atoms with E-state index in [-0.39, 0.29) is 6.42 Å². The van der Waals surface area contributed by atoms with Crippen molar-refractivity contribution in [3.8, 4) is 5.75 Å². The van der Waals surface area contributed by atoms with Gasteiger partial charge in [-0.15, -0.1) is 0 Å². The van der Waals surface area contributed by atoms with Gasteiger partial charge in [0.2, 0.25) is 11.8 Å². The van der Waals surface area contributed by atoms with E-state index < -0.39 is 17.8 Å². The third kappa shape index (κ3) is 4.74. The van der Waals surface area contributed by atoms with Crippen molar-refractivity contribution in [3.63, 3.8) is 0 Å². The molecule has 1 aliphatic heterocycles. The predicted octanol–water partition coefficient (Wildman–Crippen LogP) is 0.401. The van der Waals surface area contributed by atoms with E-state index in [0.717, 1.165) is 17.8 Å². The largest absolute Gasteiger partial charge is 0.506 e. The van der Waals surface area contributed by atoms with Crippen LogP contribution in [-0.2, 0) is 16.0 Å². The fourth-order valence-electron chi connectivity index (χ4n) is 1.38. The van der Waals surface area contributed by atoms with Gasteiger partial charge in [0.25, 0.3) is 0 Å². The zero-order valence-electron chi connectivity index (χ0n) is 10.7. The summed E-state index contributed by atoms with van der Waals surface area (Å²) in [6, 6.07) is 2.74. The fourth-order valence-corrected chi connectivity index (χ4v) is 1.38. The van der Waals surface area contributed by atoms with E-state index in [1.807, 2.05) is 24.5 Å². The molecule has 0 radical (unpaired) electrons. The van der Waals surface area contributed by atoms with Gasteiger partial charge in [-0.25, -0.2) is 4.79 Å². The molecule has 0 atom stereocenters. The number of hydrogen-bond acceptors (Lipinski definition) is 5. The van der Waals surface area contributed by atoms with E-state index in [1.54, 1.807) is 12.1 Å². The van der Waals surface area contributed by atoms with Gasteiger partial charge in [-0.05, 0) is 25.5 Å². The van der Waals surface area contributed by atoms with E-state index in [2.05, 4.69) is 4.98 Å². The Bertz CT molecular complexity index is 468. The molecule has 0 aliphatic carbocycles. The number of aromatic hydroxyl groups is 1. The molecule has 0 bridgehead atoms. The number of amides is 4. The molecule has 0 aromatic carbocycles. The Hall–Kier alpha value is -2.44. The highest BCUT2D eigenvalue weighted by atomic mass is 16.3. The maximum atomic E-state index is 10.3. The Morgan fingerprint density at radius 2 is 1.79 bits per heavy atom. The fraction of sp³-hybridized carbons (Fsp3) is 0.333. The van der Waals surface area contributed by atoms with Crippen LogP contribution >= 0.6 is 0 Å². The van der Waals surface area contributed by atoms with Gasteiger partial charge < -0.3 is 5.11 Å². The van der Waals surface area contributed by atoms with Crippen molar-refractivity contribution in [1.82, 2.24) is 15.6 Å². The number of carbonyl (C=O) groups is 3. The predicted molar refractivity (Wildman–Crippen MR) is 66.3 cm³/mol. The summed E-state index contributed by atoms with van der Waals surface area (Å²) in [5.41, 5.74) is 1.73. The molecular weight excluding hydrogens is 250 g/mol. The number of urea groups is 1. The number of nitrogens with zero attached hydrogens (tertiary/aromatic N) is 1. The molecule has 1 fully saturated rings. The summed E-state index contributed by atoms with van der Waals surface area (Å²) in [5, 5.41) is 13.0. The summed E-state index contributed by atoms with van der Waals surface area (Å²) in [4.78, 5) is 34.9. The molecule has 102 valence electrons. The molecule has 4 amide bonds. The third-order valence-electron chi connectivity index (χ3n) is 2.25. The number of imide groups is 2. The lowest BCUT2D eigenvalue weighted by atomic mass is 10.2. The van der Waals surface area contributed by atoms with Crippen LogP contribution in [0.4, 0.5) is 4.79 Å². The van der Waals surface area contributed by atoms with Gasteiger partial charge >= 0.3 is 6.03 Å². The van der Waals surface area contributed by atoms with Crippen LogP contribution in [0, 0.1) is 6.92 Å². The molecule has 0 saturated carbocycles. The first kappa shape index (κ1) is 14.6. The molecule has 0 spiro atoms. The second kappa shape index (κ2) is 6.48. The maximum Gasteiger partial charge on any atom is 0.328 e. The number of barbiturate groups is 1. The van der Waals surface area contributed by atoms with Crippen molar-refractivity contribution < 1.29 is 19.5 Å². The Labute approximate surface area is 110 Å². The first-order chi connectivity index (χ1) is 8.92. The molecule has 1 saturated heterocycles. The summed E-state index contributed by atoms with van der Waals surface area (Å²) in [7, 11) is 0. The van der Waals surface area contributed by atoms with E-state index in [1.165, 1.54) is 0 Å². The van der Waals surface area contributed by atoms with Crippen LogP contribution in [0.1, 0.15) is 24.7 Å². The molecule has 1 aromatic rings. The van der Waals surface area contributed by atoms with Gasteiger partial charge in [-0.3, -0.25) is 25.2 Å². The summed E-state index contributed by atoms with van der Waals surface area (Å²) in [6.45, 7) is 3.89. The topological polar surface area (TPSA) is 108 Å². The molecule has 7 heteroatoms. The number of aromatic nitrogens is 1. The second-order valence-electron chi connectivity index (χ2n) is 3.87. The monoisotopic (exact) mass is 265 g/mol. The Morgan fingerprint density at radius 3 is 2.21 bits per heavy atom. The zero-order valence-corrected chi connectivity index (χ0v) is 10.7. The van der Waals surface area contributed by atoms with Crippen LogP contribution in [0.5, 0.6) is 5.75 Å². The lowest BCUT2D eigenvalue weighted by Gasteiger charge is -2.09. The van der Waals surface area contributed by atoms with Crippen molar-refractivity contribution >= 4 is 17.8 Å². The number of nitrogens with one attached hydrogen (secondary N) is 2. The summed E-state index contributed by atoms with van der Waals surface area (Å²) < 4.78 is 0. The highest BCUT2D eigenvalue weighted by Gasteiger charge is 2.20. The summed E-state index contributed by atoms with van der Waals surface area (Å²) in [5.74, 6) is -0.805. The molecule has 2 rings (SSSR count). The molecule has 1 aliphatic rings. The molecule has 19 heavy (non-hydrogen) atoms. The lowest BCUT2D eigenvalue weighted by molar-refractivity contribution is -0.129. The van der Waals surface area contributed by atoms with E-state index in [0.29, 0.717) is 5.75 Å². The standard InChI is InChI=1S/C8H11NO.C4H4N2O3/c1-3-7-8(10)5-4-6(2)9-7;7-2-1-3(8)6-4(9)5-2/h4-5,10H,3H2,1-2H3;1H2,(H2,5,6,7,8,9). The van der Waals surface area contributed by atoms with Crippen LogP contribution in [0.3, 0.4) is 0 Å². The first-order valence-corrected chi connectivity index (χ1v) is 5.71. The number of pyridine rings is 1. The number of rotatable bonds is 1. The Balaban J connectivity index is 0.000000191. The Kier molecular flexibility index (Phi) is 4.99. The van der Waals surface area contributed by atoms with E-state index in [9.17, 15) is 19.5 Å². The smallest absolute Gasteiger partial charge is 0.328 e. The van der Waals surface area contributed by atoms with Crippen molar-refractivity contribution in [2.24, 2.45) is 0 Å². The maximum absolute atomic E-state index is 10.3. The minimum atomic E-state index is -0.740. The molecule has 7 nitrogen and oxygen atoms in total. The molecule has 2 heterocycles. The minimum absolute atomic E-state index is 0.258.